The van der Waals surface area contributed by atoms with Gasteiger partial charge in [0.25, 0.3) is 0 Å². The van der Waals surface area contributed by atoms with Crippen LogP contribution in [0.25, 0.3) is 0 Å². The molecule has 3 rings (SSSR count). The van der Waals surface area contributed by atoms with Crippen LogP contribution in [0.1, 0.15) is 26.3 Å². The van der Waals surface area contributed by atoms with Gasteiger partial charge < -0.3 is 9.47 Å². The van der Waals surface area contributed by atoms with Crippen LogP contribution in [0.4, 0.5) is 0 Å². The smallest absolute Gasteiger partial charge is 0.175 e. The van der Waals surface area contributed by atoms with E-state index in [0.717, 1.165) is 5.56 Å². The van der Waals surface area contributed by atoms with Crippen LogP contribution >= 0.6 is 11.6 Å². The topological polar surface area (TPSA) is 65.5 Å². The lowest BCUT2D eigenvalue weighted by atomic mass is 9.95. The number of ether oxygens (including phenoxy) is 2. The van der Waals surface area contributed by atoms with Crippen molar-refractivity contribution in [1.82, 2.24) is 4.98 Å². The molecule has 1 aromatic heterocycles. The summed E-state index contributed by atoms with van der Waals surface area (Å²) >= 11 is 5.73. The number of halogens is 1. The Morgan fingerprint density at radius 2 is 1.91 bits per heavy atom. The van der Waals surface area contributed by atoms with Crippen LogP contribution in [0.3, 0.4) is 0 Å². The zero-order chi connectivity index (χ0) is 16.6. The SMILES string of the molecule is COc1cc2c(cc1OC)C(=O)C(C(=O)c1ccc(Cl)nc1)C2. The van der Waals surface area contributed by atoms with E-state index in [9.17, 15) is 9.59 Å². The molecule has 118 valence electrons. The largest absolute Gasteiger partial charge is 0.493 e. The van der Waals surface area contributed by atoms with Gasteiger partial charge in [0, 0.05) is 17.3 Å². The van der Waals surface area contributed by atoms with E-state index in [1.807, 2.05) is 0 Å². The fraction of sp³-hybridized carbons (Fsp3) is 0.235. The van der Waals surface area contributed by atoms with Crippen molar-refractivity contribution in [3.63, 3.8) is 0 Å². The van der Waals surface area contributed by atoms with Gasteiger partial charge in [0.15, 0.2) is 23.1 Å². The molecule has 0 spiro atoms. The summed E-state index contributed by atoms with van der Waals surface area (Å²) in [6, 6.07) is 6.49. The average molecular weight is 332 g/mol. The van der Waals surface area contributed by atoms with Crippen molar-refractivity contribution >= 4 is 23.2 Å². The summed E-state index contributed by atoms with van der Waals surface area (Å²) in [6.45, 7) is 0. The Morgan fingerprint density at radius 3 is 2.52 bits per heavy atom. The van der Waals surface area contributed by atoms with E-state index in [0.29, 0.717) is 34.2 Å². The summed E-state index contributed by atoms with van der Waals surface area (Å²) in [5.74, 6) is -0.194. The van der Waals surface area contributed by atoms with Crippen LogP contribution < -0.4 is 9.47 Å². The molecule has 1 aromatic carbocycles. The van der Waals surface area contributed by atoms with Gasteiger partial charge in [0.2, 0.25) is 0 Å². The molecule has 0 radical (unpaired) electrons. The zero-order valence-corrected chi connectivity index (χ0v) is 13.4. The highest BCUT2D eigenvalue weighted by molar-refractivity contribution is 6.29. The molecule has 0 N–H and O–H groups in total. The Bertz CT molecular complexity index is 786. The van der Waals surface area contributed by atoms with E-state index in [1.165, 1.54) is 26.5 Å². The second-order valence-electron chi connectivity index (χ2n) is 5.22. The zero-order valence-electron chi connectivity index (χ0n) is 12.6. The number of rotatable bonds is 4. The van der Waals surface area contributed by atoms with E-state index in [2.05, 4.69) is 4.98 Å². The number of aromatic nitrogens is 1. The van der Waals surface area contributed by atoms with Crippen molar-refractivity contribution in [2.75, 3.05) is 14.2 Å². The van der Waals surface area contributed by atoms with Gasteiger partial charge in [-0.2, -0.15) is 0 Å². The molecule has 6 heteroatoms. The summed E-state index contributed by atoms with van der Waals surface area (Å²) in [5, 5.41) is 0.303. The number of pyridine rings is 1. The lowest BCUT2D eigenvalue weighted by Gasteiger charge is -2.09. The molecule has 0 aliphatic heterocycles. The molecule has 23 heavy (non-hydrogen) atoms. The van der Waals surface area contributed by atoms with Crippen molar-refractivity contribution in [3.8, 4) is 11.5 Å². The molecule has 2 aromatic rings. The molecular formula is C17H14ClNO4. The van der Waals surface area contributed by atoms with Crippen LogP contribution in [0, 0.1) is 5.92 Å². The molecule has 0 fully saturated rings. The van der Waals surface area contributed by atoms with Crippen molar-refractivity contribution in [2.45, 2.75) is 6.42 Å². The maximum absolute atomic E-state index is 12.6. The highest BCUT2D eigenvalue weighted by Gasteiger charge is 2.37. The van der Waals surface area contributed by atoms with E-state index in [4.69, 9.17) is 21.1 Å². The number of methoxy groups -OCH3 is 2. The second-order valence-corrected chi connectivity index (χ2v) is 5.61. The molecule has 1 unspecified atom stereocenters. The van der Waals surface area contributed by atoms with Gasteiger partial charge in [0.1, 0.15) is 5.15 Å². The molecule has 1 aliphatic rings. The lowest BCUT2D eigenvalue weighted by Crippen LogP contribution is -2.21. The fourth-order valence-electron chi connectivity index (χ4n) is 2.75. The van der Waals surface area contributed by atoms with Crippen molar-refractivity contribution in [1.29, 1.82) is 0 Å². The second kappa shape index (κ2) is 6.01. The number of Topliss-reactive ketones (excluding diaryl/α,β-unsaturated/α-hetero) is 2. The summed E-state index contributed by atoms with van der Waals surface area (Å²) in [4.78, 5) is 29.1. The minimum Gasteiger partial charge on any atom is -0.493 e. The lowest BCUT2D eigenvalue weighted by molar-refractivity contribution is 0.0822. The number of ketones is 2. The maximum Gasteiger partial charge on any atom is 0.175 e. The monoisotopic (exact) mass is 331 g/mol. The van der Waals surface area contributed by atoms with Crippen LogP contribution in [0.2, 0.25) is 5.15 Å². The fourth-order valence-corrected chi connectivity index (χ4v) is 2.87. The number of carbonyl (C=O) groups excluding carboxylic acids is 2. The third-order valence-corrected chi connectivity index (χ3v) is 4.17. The first kappa shape index (κ1) is 15.5. The molecule has 1 heterocycles. The number of nitrogens with zero attached hydrogens (tertiary/aromatic N) is 1. The van der Waals surface area contributed by atoms with Gasteiger partial charge in [-0.3, -0.25) is 9.59 Å². The van der Waals surface area contributed by atoms with E-state index in [1.54, 1.807) is 18.2 Å². The number of benzene rings is 1. The predicted molar refractivity (Wildman–Crippen MR) is 84.6 cm³/mol. The highest BCUT2D eigenvalue weighted by atomic mass is 35.5. The maximum atomic E-state index is 12.6. The molecule has 0 amide bonds. The Balaban J connectivity index is 1.94. The molecule has 1 atom stereocenters. The molecule has 0 saturated carbocycles. The average Bonchev–Trinajstić information content (AvgIpc) is 2.89. The predicted octanol–water partition coefficient (Wildman–Crippen LogP) is 2.99. The van der Waals surface area contributed by atoms with Crippen molar-refractivity contribution < 1.29 is 19.1 Å². The molecular weight excluding hydrogens is 318 g/mol. The first-order chi connectivity index (χ1) is 11.0. The number of carbonyl (C=O) groups is 2. The van der Waals surface area contributed by atoms with Crippen LogP contribution in [-0.4, -0.2) is 30.8 Å². The van der Waals surface area contributed by atoms with Gasteiger partial charge in [0.05, 0.1) is 20.1 Å². The van der Waals surface area contributed by atoms with E-state index < -0.39 is 5.92 Å². The summed E-state index contributed by atoms with van der Waals surface area (Å²) < 4.78 is 10.5. The Labute approximate surface area is 138 Å². The van der Waals surface area contributed by atoms with E-state index >= 15 is 0 Å². The first-order valence-electron chi connectivity index (χ1n) is 7.00. The standard InChI is InChI=1S/C17H14ClNO4/c1-22-13-6-10-5-12(17(21)11(10)7-14(13)23-2)16(20)9-3-4-15(18)19-8-9/h3-4,6-8,12H,5H2,1-2H3. The number of hydrogen-bond donors (Lipinski definition) is 0. The van der Waals surface area contributed by atoms with Crippen molar-refractivity contribution in [2.24, 2.45) is 5.92 Å². The Hall–Kier alpha value is -2.40. The summed E-state index contributed by atoms with van der Waals surface area (Å²) in [5.41, 5.74) is 1.66. The third-order valence-electron chi connectivity index (χ3n) is 3.94. The molecule has 0 bridgehead atoms. The number of hydrogen-bond acceptors (Lipinski definition) is 5. The van der Waals surface area contributed by atoms with Gasteiger partial charge in [-0.25, -0.2) is 4.98 Å². The van der Waals surface area contributed by atoms with Crippen LogP contribution in [-0.2, 0) is 6.42 Å². The van der Waals surface area contributed by atoms with Crippen LogP contribution in [0.15, 0.2) is 30.5 Å². The summed E-state index contributed by atoms with van der Waals surface area (Å²) in [7, 11) is 3.04. The normalized spacial score (nSPS) is 16.1. The minimum atomic E-state index is -0.746. The Kier molecular flexibility index (Phi) is 4.05. The van der Waals surface area contributed by atoms with Gasteiger partial charge in [-0.1, -0.05) is 11.6 Å². The minimum absolute atomic E-state index is 0.207. The first-order valence-corrected chi connectivity index (χ1v) is 7.37. The molecule has 1 aliphatic carbocycles. The van der Waals surface area contributed by atoms with Crippen molar-refractivity contribution in [3.05, 3.63) is 52.3 Å². The molecule has 0 saturated heterocycles. The van der Waals surface area contributed by atoms with Gasteiger partial charge in [-0.05, 0) is 36.2 Å². The highest BCUT2D eigenvalue weighted by Crippen LogP contribution is 2.37. The quantitative estimate of drug-likeness (QED) is 0.489. The van der Waals surface area contributed by atoms with E-state index in [-0.39, 0.29) is 11.6 Å². The third kappa shape index (κ3) is 2.68. The summed E-state index contributed by atoms with van der Waals surface area (Å²) in [6.07, 6.45) is 1.73. The van der Waals surface area contributed by atoms with Gasteiger partial charge >= 0.3 is 0 Å². The number of fused-ring (bicyclic) bond motifs is 1. The van der Waals surface area contributed by atoms with Gasteiger partial charge in [-0.15, -0.1) is 0 Å². The van der Waals surface area contributed by atoms with Crippen LogP contribution in [0.5, 0.6) is 11.5 Å². The molecule has 5 nitrogen and oxygen atoms in total. The Morgan fingerprint density at radius 1 is 1.22 bits per heavy atom.